The van der Waals surface area contributed by atoms with Crippen molar-refractivity contribution in [1.82, 2.24) is 14.9 Å². The van der Waals surface area contributed by atoms with Crippen LogP contribution in [-0.2, 0) is 11.3 Å². The SMILES string of the molecule is CCOC[C@H](O)CN(Cc1nc2scc(-c3ccc(C)cc3)c2c(=O)[nH]1)CC(C)C. The van der Waals surface area contributed by atoms with Gasteiger partial charge >= 0.3 is 0 Å². The van der Waals surface area contributed by atoms with Crippen LogP contribution in [0, 0.1) is 12.8 Å². The Balaban J connectivity index is 1.84. The maximum absolute atomic E-state index is 12.9. The molecule has 2 N–H and O–H groups in total. The summed E-state index contributed by atoms with van der Waals surface area (Å²) in [5.74, 6) is 1.05. The molecule has 6 nitrogen and oxygen atoms in total. The monoisotopic (exact) mass is 429 g/mol. The minimum absolute atomic E-state index is 0.119. The largest absolute Gasteiger partial charge is 0.389 e. The molecule has 1 atom stereocenters. The molecule has 0 spiro atoms. The van der Waals surface area contributed by atoms with Gasteiger partial charge in [-0.25, -0.2) is 4.98 Å². The number of fused-ring (bicyclic) bond motifs is 1. The van der Waals surface area contributed by atoms with Crippen LogP contribution in [-0.4, -0.2) is 52.4 Å². The van der Waals surface area contributed by atoms with E-state index in [9.17, 15) is 9.90 Å². The minimum Gasteiger partial charge on any atom is -0.389 e. The van der Waals surface area contributed by atoms with Gasteiger partial charge in [0.1, 0.15) is 10.7 Å². The summed E-state index contributed by atoms with van der Waals surface area (Å²) in [5, 5.41) is 12.9. The molecular weight excluding hydrogens is 398 g/mol. The number of hydrogen-bond acceptors (Lipinski definition) is 6. The van der Waals surface area contributed by atoms with Crippen molar-refractivity contribution in [3.05, 3.63) is 51.4 Å². The average Bonchev–Trinajstić information content (AvgIpc) is 3.11. The van der Waals surface area contributed by atoms with Crippen molar-refractivity contribution < 1.29 is 9.84 Å². The molecule has 2 aromatic heterocycles. The van der Waals surface area contributed by atoms with E-state index in [-0.39, 0.29) is 5.56 Å². The zero-order valence-electron chi connectivity index (χ0n) is 18.1. The Bertz CT molecular complexity index is 1010. The molecular formula is C23H31N3O3S. The molecule has 0 saturated heterocycles. The molecule has 0 saturated carbocycles. The van der Waals surface area contributed by atoms with E-state index in [1.807, 2.05) is 43.5 Å². The highest BCUT2D eigenvalue weighted by Gasteiger charge is 2.17. The zero-order valence-corrected chi connectivity index (χ0v) is 19.0. The van der Waals surface area contributed by atoms with Crippen molar-refractivity contribution in [3.63, 3.8) is 0 Å². The van der Waals surface area contributed by atoms with Gasteiger partial charge in [-0.15, -0.1) is 11.3 Å². The second kappa shape index (κ2) is 10.3. The summed E-state index contributed by atoms with van der Waals surface area (Å²) >= 11 is 1.49. The maximum Gasteiger partial charge on any atom is 0.260 e. The number of aliphatic hydroxyl groups is 1. The Morgan fingerprint density at radius 2 is 1.97 bits per heavy atom. The first kappa shape index (κ1) is 22.6. The van der Waals surface area contributed by atoms with E-state index in [1.54, 1.807) is 0 Å². The molecule has 0 aliphatic carbocycles. The number of aromatic amines is 1. The molecule has 0 unspecified atom stereocenters. The number of hydrogen-bond donors (Lipinski definition) is 2. The second-order valence-electron chi connectivity index (χ2n) is 8.11. The summed E-state index contributed by atoms with van der Waals surface area (Å²) in [4.78, 5) is 23.5. The van der Waals surface area contributed by atoms with Gasteiger partial charge in [-0.3, -0.25) is 9.69 Å². The second-order valence-corrected chi connectivity index (χ2v) is 8.97. The Morgan fingerprint density at radius 1 is 1.23 bits per heavy atom. The number of aryl methyl sites for hydroxylation is 1. The number of benzene rings is 1. The maximum atomic E-state index is 12.9. The summed E-state index contributed by atoms with van der Waals surface area (Å²) < 4.78 is 5.33. The van der Waals surface area contributed by atoms with E-state index in [0.717, 1.165) is 22.5 Å². The van der Waals surface area contributed by atoms with Crippen LogP contribution in [0.2, 0.25) is 0 Å². The summed E-state index contributed by atoms with van der Waals surface area (Å²) in [6.07, 6.45) is -0.575. The van der Waals surface area contributed by atoms with Crippen LogP contribution in [0.3, 0.4) is 0 Å². The van der Waals surface area contributed by atoms with Crippen molar-refractivity contribution >= 4 is 21.6 Å². The summed E-state index contributed by atoms with van der Waals surface area (Å²) in [7, 11) is 0. The lowest BCUT2D eigenvalue weighted by Gasteiger charge is -2.26. The van der Waals surface area contributed by atoms with Crippen LogP contribution in [0.5, 0.6) is 0 Å². The first-order valence-electron chi connectivity index (χ1n) is 10.4. The number of H-pyrrole nitrogens is 1. The van der Waals surface area contributed by atoms with Gasteiger partial charge in [0.05, 0.1) is 24.6 Å². The van der Waals surface area contributed by atoms with Crippen LogP contribution in [0.1, 0.15) is 32.2 Å². The zero-order chi connectivity index (χ0) is 21.7. The highest BCUT2D eigenvalue weighted by atomic mass is 32.1. The minimum atomic E-state index is -0.575. The van der Waals surface area contributed by atoms with E-state index >= 15 is 0 Å². The van der Waals surface area contributed by atoms with E-state index in [2.05, 4.69) is 23.7 Å². The van der Waals surface area contributed by atoms with Crippen LogP contribution in [0.15, 0.2) is 34.4 Å². The third kappa shape index (κ3) is 5.76. The van der Waals surface area contributed by atoms with Gasteiger partial charge < -0.3 is 14.8 Å². The fourth-order valence-electron chi connectivity index (χ4n) is 3.55. The summed E-state index contributed by atoms with van der Waals surface area (Å²) in [5.41, 5.74) is 3.00. The highest BCUT2D eigenvalue weighted by molar-refractivity contribution is 7.17. The average molecular weight is 430 g/mol. The molecule has 0 aliphatic rings. The van der Waals surface area contributed by atoms with Gasteiger partial charge in [0, 0.05) is 30.6 Å². The molecule has 0 fully saturated rings. The molecule has 0 radical (unpaired) electrons. The fourth-order valence-corrected chi connectivity index (χ4v) is 4.52. The summed E-state index contributed by atoms with van der Waals surface area (Å²) in [6.45, 7) is 10.8. The Labute approximate surface area is 181 Å². The normalized spacial score (nSPS) is 12.9. The summed E-state index contributed by atoms with van der Waals surface area (Å²) in [6, 6.07) is 8.17. The third-order valence-electron chi connectivity index (χ3n) is 4.84. The Morgan fingerprint density at radius 3 is 2.63 bits per heavy atom. The van der Waals surface area contributed by atoms with Gasteiger partial charge in [-0.05, 0) is 25.3 Å². The molecule has 0 bridgehead atoms. The number of thiophene rings is 1. The predicted molar refractivity (Wildman–Crippen MR) is 123 cm³/mol. The van der Waals surface area contributed by atoms with E-state index in [0.29, 0.717) is 43.4 Å². The molecule has 2 heterocycles. The number of ether oxygens (including phenoxy) is 1. The molecule has 162 valence electrons. The standard InChI is InChI=1S/C23H31N3O3S/c1-5-29-13-18(27)11-26(10-15(2)3)12-20-24-22(28)21-19(14-30-23(21)25-20)17-8-6-16(4)7-9-17/h6-9,14-15,18,27H,5,10-13H2,1-4H3,(H,24,25,28)/t18-/m1/s1. The van der Waals surface area contributed by atoms with Crippen LogP contribution >= 0.6 is 11.3 Å². The fraction of sp³-hybridized carbons (Fsp3) is 0.478. The van der Waals surface area contributed by atoms with Crippen molar-refractivity contribution in [3.8, 4) is 11.1 Å². The van der Waals surface area contributed by atoms with Gasteiger partial charge in [0.25, 0.3) is 5.56 Å². The van der Waals surface area contributed by atoms with Gasteiger partial charge in [0.15, 0.2) is 0 Å². The number of aromatic nitrogens is 2. The highest BCUT2D eigenvalue weighted by Crippen LogP contribution is 2.30. The quantitative estimate of drug-likeness (QED) is 0.512. The first-order valence-corrected chi connectivity index (χ1v) is 11.3. The molecule has 3 aromatic rings. The van der Waals surface area contributed by atoms with E-state index in [1.165, 1.54) is 16.9 Å². The lowest BCUT2D eigenvalue weighted by Crippen LogP contribution is -2.37. The lowest BCUT2D eigenvalue weighted by atomic mass is 10.1. The van der Waals surface area contributed by atoms with Gasteiger partial charge in [-0.1, -0.05) is 43.7 Å². The van der Waals surface area contributed by atoms with Crippen LogP contribution in [0.4, 0.5) is 0 Å². The van der Waals surface area contributed by atoms with Crippen molar-refractivity contribution in [1.29, 1.82) is 0 Å². The topological polar surface area (TPSA) is 78.5 Å². The lowest BCUT2D eigenvalue weighted by molar-refractivity contribution is 0.0170. The third-order valence-corrected chi connectivity index (χ3v) is 5.71. The molecule has 0 aliphatic heterocycles. The molecule has 7 heteroatoms. The smallest absolute Gasteiger partial charge is 0.260 e. The van der Waals surface area contributed by atoms with E-state index < -0.39 is 6.10 Å². The van der Waals surface area contributed by atoms with Crippen LogP contribution < -0.4 is 5.56 Å². The number of aliphatic hydroxyl groups excluding tert-OH is 1. The molecule has 1 aromatic carbocycles. The van der Waals surface area contributed by atoms with Gasteiger partial charge in [0.2, 0.25) is 0 Å². The van der Waals surface area contributed by atoms with E-state index in [4.69, 9.17) is 9.72 Å². The molecule has 30 heavy (non-hydrogen) atoms. The van der Waals surface area contributed by atoms with Gasteiger partial charge in [-0.2, -0.15) is 0 Å². The molecule has 3 rings (SSSR count). The number of nitrogens with one attached hydrogen (secondary N) is 1. The molecule has 0 amide bonds. The first-order chi connectivity index (χ1) is 14.4. The number of rotatable bonds is 10. The van der Waals surface area contributed by atoms with Crippen molar-refractivity contribution in [2.45, 2.75) is 40.3 Å². The van der Waals surface area contributed by atoms with Crippen molar-refractivity contribution in [2.75, 3.05) is 26.3 Å². The Hall–Kier alpha value is -2.06. The van der Waals surface area contributed by atoms with Crippen molar-refractivity contribution in [2.24, 2.45) is 5.92 Å². The number of nitrogens with zero attached hydrogens (tertiary/aromatic N) is 2. The van der Waals surface area contributed by atoms with Crippen LogP contribution in [0.25, 0.3) is 21.3 Å². The predicted octanol–water partition coefficient (Wildman–Crippen LogP) is 3.82. The Kier molecular flexibility index (Phi) is 7.77.